The molecule has 4 nitrogen and oxygen atoms in total. The lowest BCUT2D eigenvalue weighted by molar-refractivity contribution is 0.0955. The van der Waals surface area contributed by atoms with E-state index in [9.17, 15) is 4.79 Å². The topological polar surface area (TPSA) is 50.7 Å². The fourth-order valence-electron chi connectivity index (χ4n) is 1.58. The van der Waals surface area contributed by atoms with Gasteiger partial charge in [-0.05, 0) is 35.9 Å². The molecule has 0 fully saturated rings. The number of hydrogen-bond donors (Lipinski definition) is 1. The molecule has 0 aliphatic rings. The number of amides is 1. The highest BCUT2D eigenvalue weighted by atomic mass is 79.9. The zero-order valence-electron chi connectivity index (χ0n) is 10.8. The molecule has 0 radical (unpaired) electrons. The van der Waals surface area contributed by atoms with Crippen LogP contribution in [0.1, 0.15) is 15.9 Å². The van der Waals surface area contributed by atoms with Gasteiger partial charge in [0.2, 0.25) is 0 Å². The molecular weight excluding hydrogens is 320 g/mol. The molecule has 0 unspecified atom stereocenters. The average molecular weight is 333 g/mol. The Morgan fingerprint density at radius 2 is 2.05 bits per heavy atom. The van der Waals surface area contributed by atoms with Gasteiger partial charge in [-0.15, -0.1) is 0 Å². The monoisotopic (exact) mass is 332 g/mol. The number of carbonyl (C=O) groups excluding carboxylic acids is 1. The van der Waals surface area contributed by atoms with E-state index < -0.39 is 0 Å². The lowest BCUT2D eigenvalue weighted by atomic mass is 10.2. The molecule has 2 aromatic carbocycles. The summed E-state index contributed by atoms with van der Waals surface area (Å²) in [5.41, 5.74) is 3.87. The normalized spacial score (nSPS) is 10.5. The van der Waals surface area contributed by atoms with Gasteiger partial charge in [0.15, 0.2) is 0 Å². The second-order valence-electron chi connectivity index (χ2n) is 3.99. The summed E-state index contributed by atoms with van der Waals surface area (Å²) in [5, 5.41) is 3.93. The summed E-state index contributed by atoms with van der Waals surface area (Å²) < 4.78 is 5.96. The van der Waals surface area contributed by atoms with Gasteiger partial charge >= 0.3 is 0 Å². The Bertz CT molecular complexity index is 641. The minimum absolute atomic E-state index is 0.259. The predicted octanol–water partition coefficient (Wildman–Crippen LogP) is 3.22. The van der Waals surface area contributed by atoms with Gasteiger partial charge in [0.05, 0.1) is 13.3 Å². The molecule has 2 rings (SSSR count). The molecule has 0 bridgehead atoms. The molecule has 20 heavy (non-hydrogen) atoms. The number of methoxy groups -OCH3 is 1. The molecule has 1 amide bonds. The summed E-state index contributed by atoms with van der Waals surface area (Å²) in [6, 6.07) is 14.5. The van der Waals surface area contributed by atoms with E-state index in [1.807, 2.05) is 30.3 Å². The van der Waals surface area contributed by atoms with Crippen LogP contribution < -0.4 is 10.2 Å². The molecular formula is C15H13BrN2O2. The lowest BCUT2D eigenvalue weighted by Gasteiger charge is -2.01. The third-order valence-electron chi connectivity index (χ3n) is 2.56. The molecule has 0 heterocycles. The third kappa shape index (κ3) is 3.93. The van der Waals surface area contributed by atoms with Gasteiger partial charge in [-0.3, -0.25) is 4.79 Å². The Hall–Kier alpha value is -2.14. The summed E-state index contributed by atoms with van der Waals surface area (Å²) >= 11 is 3.32. The van der Waals surface area contributed by atoms with Gasteiger partial charge in [-0.2, -0.15) is 5.10 Å². The molecule has 2 aromatic rings. The van der Waals surface area contributed by atoms with Crippen LogP contribution >= 0.6 is 15.9 Å². The molecule has 0 spiro atoms. The SMILES string of the molecule is COc1cccc(C=NNC(=O)c2cccc(Br)c2)c1. The van der Waals surface area contributed by atoms with Crippen molar-refractivity contribution in [2.75, 3.05) is 7.11 Å². The van der Waals surface area contributed by atoms with E-state index >= 15 is 0 Å². The summed E-state index contributed by atoms with van der Waals surface area (Å²) in [6.45, 7) is 0. The lowest BCUT2D eigenvalue weighted by Crippen LogP contribution is -2.17. The molecule has 102 valence electrons. The molecule has 0 atom stereocenters. The Kier molecular flexibility index (Phi) is 4.90. The third-order valence-corrected chi connectivity index (χ3v) is 3.05. The average Bonchev–Trinajstić information content (AvgIpc) is 2.47. The fraction of sp³-hybridized carbons (Fsp3) is 0.0667. The van der Waals surface area contributed by atoms with Crippen LogP contribution in [0.4, 0.5) is 0 Å². The van der Waals surface area contributed by atoms with Crippen molar-refractivity contribution in [2.24, 2.45) is 5.10 Å². The quantitative estimate of drug-likeness (QED) is 0.690. The first-order valence-corrected chi connectivity index (χ1v) is 6.71. The van der Waals surface area contributed by atoms with Crippen LogP contribution in [-0.2, 0) is 0 Å². The number of carbonyl (C=O) groups is 1. The van der Waals surface area contributed by atoms with Gasteiger partial charge < -0.3 is 4.74 Å². The Balaban J connectivity index is 2.00. The second-order valence-corrected chi connectivity index (χ2v) is 4.90. The largest absolute Gasteiger partial charge is 0.497 e. The highest BCUT2D eigenvalue weighted by Gasteiger charge is 2.03. The van der Waals surface area contributed by atoms with Crippen molar-refractivity contribution < 1.29 is 9.53 Å². The standard InChI is InChI=1S/C15H13BrN2O2/c1-20-14-7-2-4-11(8-14)10-17-18-15(19)12-5-3-6-13(16)9-12/h2-10H,1H3,(H,18,19). The fourth-order valence-corrected chi connectivity index (χ4v) is 1.98. The number of hydrazone groups is 1. The van der Waals surface area contributed by atoms with Crippen LogP contribution in [0.2, 0.25) is 0 Å². The van der Waals surface area contributed by atoms with Gasteiger partial charge in [0, 0.05) is 10.0 Å². The van der Waals surface area contributed by atoms with Crippen LogP contribution in [0.15, 0.2) is 58.1 Å². The van der Waals surface area contributed by atoms with Crippen molar-refractivity contribution in [3.8, 4) is 5.75 Å². The van der Waals surface area contributed by atoms with Crippen LogP contribution in [0.25, 0.3) is 0 Å². The first-order chi connectivity index (χ1) is 9.69. The maximum absolute atomic E-state index is 11.8. The molecule has 0 aromatic heterocycles. The molecule has 0 saturated heterocycles. The number of hydrogen-bond acceptors (Lipinski definition) is 3. The molecule has 0 aliphatic carbocycles. The van der Waals surface area contributed by atoms with Gasteiger partial charge in [0.1, 0.15) is 5.75 Å². The summed E-state index contributed by atoms with van der Waals surface area (Å²) in [7, 11) is 1.60. The Morgan fingerprint density at radius 1 is 1.25 bits per heavy atom. The van der Waals surface area contributed by atoms with Crippen LogP contribution in [0.3, 0.4) is 0 Å². The van der Waals surface area contributed by atoms with Crippen molar-refractivity contribution in [1.82, 2.24) is 5.43 Å². The van der Waals surface area contributed by atoms with Gasteiger partial charge in [-0.1, -0.05) is 34.1 Å². The molecule has 0 saturated carbocycles. The Morgan fingerprint density at radius 3 is 2.80 bits per heavy atom. The van der Waals surface area contributed by atoms with E-state index in [2.05, 4.69) is 26.5 Å². The van der Waals surface area contributed by atoms with Crippen molar-refractivity contribution in [1.29, 1.82) is 0 Å². The highest BCUT2D eigenvalue weighted by molar-refractivity contribution is 9.10. The molecule has 0 aliphatic heterocycles. The number of halogens is 1. The van der Waals surface area contributed by atoms with Crippen LogP contribution in [-0.4, -0.2) is 19.2 Å². The van der Waals surface area contributed by atoms with Gasteiger partial charge in [0.25, 0.3) is 5.91 Å². The number of nitrogens with zero attached hydrogens (tertiary/aromatic N) is 1. The maximum atomic E-state index is 11.8. The number of rotatable bonds is 4. The first kappa shape index (κ1) is 14.3. The van der Waals surface area contributed by atoms with E-state index in [0.717, 1.165) is 15.8 Å². The van der Waals surface area contributed by atoms with Crippen molar-refractivity contribution in [2.45, 2.75) is 0 Å². The van der Waals surface area contributed by atoms with E-state index in [1.54, 1.807) is 31.5 Å². The van der Waals surface area contributed by atoms with Crippen molar-refractivity contribution in [3.63, 3.8) is 0 Å². The Labute approximate surface area is 125 Å². The highest BCUT2D eigenvalue weighted by Crippen LogP contribution is 2.12. The maximum Gasteiger partial charge on any atom is 0.271 e. The van der Waals surface area contributed by atoms with Gasteiger partial charge in [-0.25, -0.2) is 5.43 Å². The first-order valence-electron chi connectivity index (χ1n) is 5.92. The zero-order valence-corrected chi connectivity index (χ0v) is 12.4. The smallest absolute Gasteiger partial charge is 0.271 e. The summed E-state index contributed by atoms with van der Waals surface area (Å²) in [6.07, 6.45) is 1.57. The van der Waals surface area contributed by atoms with E-state index in [1.165, 1.54) is 0 Å². The van der Waals surface area contributed by atoms with E-state index in [-0.39, 0.29) is 5.91 Å². The van der Waals surface area contributed by atoms with Crippen molar-refractivity contribution in [3.05, 3.63) is 64.1 Å². The summed E-state index contributed by atoms with van der Waals surface area (Å²) in [4.78, 5) is 11.8. The predicted molar refractivity (Wildman–Crippen MR) is 82.2 cm³/mol. The number of nitrogens with one attached hydrogen (secondary N) is 1. The zero-order chi connectivity index (χ0) is 14.4. The molecule has 1 N–H and O–H groups in total. The van der Waals surface area contributed by atoms with E-state index in [4.69, 9.17) is 4.74 Å². The number of ether oxygens (including phenoxy) is 1. The van der Waals surface area contributed by atoms with E-state index in [0.29, 0.717) is 5.56 Å². The van der Waals surface area contributed by atoms with Crippen molar-refractivity contribution >= 4 is 28.1 Å². The minimum atomic E-state index is -0.259. The van der Waals surface area contributed by atoms with Crippen LogP contribution in [0, 0.1) is 0 Å². The minimum Gasteiger partial charge on any atom is -0.497 e. The molecule has 5 heteroatoms. The van der Waals surface area contributed by atoms with Crippen LogP contribution in [0.5, 0.6) is 5.75 Å². The summed E-state index contributed by atoms with van der Waals surface area (Å²) in [5.74, 6) is 0.484. The second kappa shape index (κ2) is 6.86. The number of benzene rings is 2.